The van der Waals surface area contributed by atoms with E-state index in [9.17, 15) is 9.59 Å². The van der Waals surface area contributed by atoms with Crippen molar-refractivity contribution in [1.29, 1.82) is 0 Å². The van der Waals surface area contributed by atoms with Gasteiger partial charge in [0.2, 0.25) is 5.91 Å². The number of piperidine rings is 1. The fourth-order valence-corrected chi connectivity index (χ4v) is 4.50. The lowest BCUT2D eigenvalue weighted by Crippen LogP contribution is -2.41. The van der Waals surface area contributed by atoms with Crippen molar-refractivity contribution in [3.05, 3.63) is 77.4 Å². The number of likely N-dealkylation sites (tertiary alicyclic amines) is 1. The molecular weight excluding hydrogens is 428 g/mol. The highest BCUT2D eigenvalue weighted by Crippen LogP contribution is 2.29. The molecule has 1 aliphatic rings. The standard InChI is InChI=1S/C28H32N2O4/c1-19(2)30-15-12-22(13-16-30)34-23-9-11-24-21(18-23)8-10-25(26(24)27(29)31)28(32)33-17-14-20-6-4-3-5-7-20/h3-11,18-19,22H,12-17H2,1-2H3,(H2,29,31). The zero-order valence-corrected chi connectivity index (χ0v) is 19.8. The summed E-state index contributed by atoms with van der Waals surface area (Å²) in [5.41, 5.74) is 7.12. The Kier molecular flexibility index (Phi) is 7.48. The van der Waals surface area contributed by atoms with Gasteiger partial charge in [0.25, 0.3) is 0 Å². The van der Waals surface area contributed by atoms with Gasteiger partial charge < -0.3 is 20.1 Å². The normalized spacial score (nSPS) is 14.9. The molecule has 3 aromatic carbocycles. The Labute approximate surface area is 200 Å². The number of esters is 1. The van der Waals surface area contributed by atoms with Crippen molar-refractivity contribution >= 4 is 22.6 Å². The fraction of sp³-hybridized carbons (Fsp3) is 0.357. The second kappa shape index (κ2) is 10.7. The van der Waals surface area contributed by atoms with Gasteiger partial charge in [0.15, 0.2) is 0 Å². The summed E-state index contributed by atoms with van der Waals surface area (Å²) in [6.07, 6.45) is 2.73. The highest BCUT2D eigenvalue weighted by atomic mass is 16.5. The molecule has 4 rings (SSSR count). The average Bonchev–Trinajstić information content (AvgIpc) is 2.84. The van der Waals surface area contributed by atoms with E-state index in [2.05, 4.69) is 18.7 Å². The van der Waals surface area contributed by atoms with Gasteiger partial charge in [-0.2, -0.15) is 0 Å². The molecule has 178 valence electrons. The molecule has 1 aliphatic heterocycles. The number of fused-ring (bicyclic) bond motifs is 1. The molecular formula is C28H32N2O4. The van der Waals surface area contributed by atoms with Crippen molar-refractivity contribution in [1.82, 2.24) is 4.90 Å². The number of amides is 1. The third kappa shape index (κ3) is 5.57. The van der Waals surface area contributed by atoms with E-state index in [1.165, 1.54) is 0 Å². The van der Waals surface area contributed by atoms with Crippen LogP contribution in [0.1, 0.15) is 53.0 Å². The van der Waals surface area contributed by atoms with Gasteiger partial charge in [-0.15, -0.1) is 0 Å². The van der Waals surface area contributed by atoms with E-state index in [4.69, 9.17) is 15.2 Å². The molecule has 2 N–H and O–H groups in total. The van der Waals surface area contributed by atoms with Crippen LogP contribution in [0, 0.1) is 0 Å². The van der Waals surface area contributed by atoms with Crippen molar-refractivity contribution < 1.29 is 19.1 Å². The second-order valence-electron chi connectivity index (χ2n) is 9.05. The van der Waals surface area contributed by atoms with Gasteiger partial charge in [0.1, 0.15) is 11.9 Å². The highest BCUT2D eigenvalue weighted by molar-refractivity contribution is 6.14. The Morgan fingerprint density at radius 2 is 1.76 bits per heavy atom. The van der Waals surface area contributed by atoms with E-state index >= 15 is 0 Å². The van der Waals surface area contributed by atoms with Crippen molar-refractivity contribution in [2.45, 2.75) is 45.3 Å². The lowest BCUT2D eigenvalue weighted by Gasteiger charge is -2.34. The molecule has 34 heavy (non-hydrogen) atoms. The number of hydrogen-bond acceptors (Lipinski definition) is 5. The topological polar surface area (TPSA) is 81.9 Å². The van der Waals surface area contributed by atoms with Gasteiger partial charge in [-0.05, 0) is 67.3 Å². The number of nitrogens with zero attached hydrogens (tertiary/aromatic N) is 1. The number of primary amides is 1. The fourth-order valence-electron chi connectivity index (χ4n) is 4.50. The van der Waals surface area contributed by atoms with Gasteiger partial charge in [-0.3, -0.25) is 4.79 Å². The first kappa shape index (κ1) is 23.8. The maximum atomic E-state index is 12.7. The van der Waals surface area contributed by atoms with Crippen LogP contribution >= 0.6 is 0 Å². The smallest absolute Gasteiger partial charge is 0.338 e. The van der Waals surface area contributed by atoms with Crippen LogP contribution in [0.5, 0.6) is 5.75 Å². The molecule has 0 atom stereocenters. The van der Waals surface area contributed by atoms with Gasteiger partial charge in [0.05, 0.1) is 17.7 Å². The van der Waals surface area contributed by atoms with E-state index < -0.39 is 11.9 Å². The molecule has 0 spiro atoms. The van der Waals surface area contributed by atoms with Crippen molar-refractivity contribution in [3.8, 4) is 5.75 Å². The van der Waals surface area contributed by atoms with Gasteiger partial charge in [0, 0.05) is 25.6 Å². The Hall–Kier alpha value is -3.38. The first-order chi connectivity index (χ1) is 16.4. The summed E-state index contributed by atoms with van der Waals surface area (Å²) in [7, 11) is 0. The maximum Gasteiger partial charge on any atom is 0.338 e. The first-order valence-electron chi connectivity index (χ1n) is 11.9. The molecule has 3 aromatic rings. The monoisotopic (exact) mass is 460 g/mol. The predicted octanol–water partition coefficient (Wildman–Crippen LogP) is 4.59. The van der Waals surface area contributed by atoms with E-state index in [-0.39, 0.29) is 23.8 Å². The summed E-state index contributed by atoms with van der Waals surface area (Å²) in [4.78, 5) is 27.5. The summed E-state index contributed by atoms with van der Waals surface area (Å²) in [6.45, 7) is 6.71. The van der Waals surface area contributed by atoms with E-state index in [1.807, 2.05) is 48.5 Å². The quantitative estimate of drug-likeness (QED) is 0.497. The van der Waals surface area contributed by atoms with Crippen LogP contribution in [0.25, 0.3) is 10.8 Å². The number of carbonyl (C=O) groups is 2. The van der Waals surface area contributed by atoms with Crippen LogP contribution in [0.15, 0.2) is 60.7 Å². The van der Waals surface area contributed by atoms with Crippen LogP contribution in [0.3, 0.4) is 0 Å². The van der Waals surface area contributed by atoms with Gasteiger partial charge in [-0.25, -0.2) is 4.79 Å². The molecule has 6 nitrogen and oxygen atoms in total. The van der Waals surface area contributed by atoms with Crippen LogP contribution in [-0.4, -0.2) is 48.6 Å². The molecule has 0 radical (unpaired) electrons. The summed E-state index contributed by atoms with van der Waals surface area (Å²) >= 11 is 0. The minimum atomic E-state index is -0.657. The Bertz CT molecular complexity index is 1150. The van der Waals surface area contributed by atoms with E-state index in [1.54, 1.807) is 12.1 Å². The predicted molar refractivity (Wildman–Crippen MR) is 133 cm³/mol. The molecule has 0 saturated carbocycles. The van der Waals surface area contributed by atoms with E-state index in [0.717, 1.165) is 42.6 Å². The summed E-state index contributed by atoms with van der Waals surface area (Å²) < 4.78 is 11.7. The zero-order valence-electron chi connectivity index (χ0n) is 19.8. The SMILES string of the molecule is CC(C)N1CCC(Oc2ccc3c(C(N)=O)c(C(=O)OCCc4ccccc4)ccc3c2)CC1. The third-order valence-corrected chi connectivity index (χ3v) is 6.43. The van der Waals surface area contributed by atoms with Gasteiger partial charge >= 0.3 is 5.97 Å². The molecule has 1 heterocycles. The number of ether oxygens (including phenoxy) is 2. The zero-order chi connectivity index (χ0) is 24.1. The minimum absolute atomic E-state index is 0.168. The summed E-state index contributed by atoms with van der Waals surface area (Å²) in [5.74, 6) is -0.455. The molecule has 1 amide bonds. The van der Waals surface area contributed by atoms with Gasteiger partial charge in [-0.1, -0.05) is 36.4 Å². The third-order valence-electron chi connectivity index (χ3n) is 6.43. The van der Waals surface area contributed by atoms with E-state index in [0.29, 0.717) is 17.8 Å². The number of nitrogens with two attached hydrogens (primary N) is 1. The first-order valence-corrected chi connectivity index (χ1v) is 11.9. The van der Waals surface area contributed by atoms with Crippen LogP contribution in [-0.2, 0) is 11.2 Å². The number of benzene rings is 3. The molecule has 1 fully saturated rings. The second-order valence-corrected chi connectivity index (χ2v) is 9.05. The molecule has 0 aliphatic carbocycles. The molecule has 0 aromatic heterocycles. The Morgan fingerprint density at radius 3 is 2.44 bits per heavy atom. The van der Waals surface area contributed by atoms with Crippen molar-refractivity contribution in [3.63, 3.8) is 0 Å². The van der Waals surface area contributed by atoms with Crippen LogP contribution in [0.2, 0.25) is 0 Å². The minimum Gasteiger partial charge on any atom is -0.490 e. The lowest BCUT2D eigenvalue weighted by molar-refractivity contribution is 0.0506. The van der Waals surface area contributed by atoms with Crippen LogP contribution < -0.4 is 10.5 Å². The maximum absolute atomic E-state index is 12.7. The highest BCUT2D eigenvalue weighted by Gasteiger charge is 2.23. The van der Waals surface area contributed by atoms with Crippen molar-refractivity contribution in [2.75, 3.05) is 19.7 Å². The molecule has 1 saturated heterocycles. The molecule has 0 unspecified atom stereocenters. The summed E-state index contributed by atoms with van der Waals surface area (Å²) in [5, 5.41) is 1.42. The largest absolute Gasteiger partial charge is 0.490 e. The number of carbonyl (C=O) groups excluding carboxylic acids is 2. The number of hydrogen-bond donors (Lipinski definition) is 1. The average molecular weight is 461 g/mol. The lowest BCUT2D eigenvalue weighted by atomic mass is 9.98. The van der Waals surface area contributed by atoms with Crippen LogP contribution in [0.4, 0.5) is 0 Å². The van der Waals surface area contributed by atoms with Crippen molar-refractivity contribution in [2.24, 2.45) is 5.73 Å². The number of rotatable bonds is 8. The summed E-state index contributed by atoms with van der Waals surface area (Å²) in [6, 6.07) is 19.3. The molecule has 0 bridgehead atoms. The molecule has 6 heteroatoms. The Morgan fingerprint density at radius 1 is 1.03 bits per heavy atom. The Balaban J connectivity index is 1.47.